The standard InChI is InChI=1S/C22H27N3O5S/c1-16(2)15-30-22(27)24-18-9-6-8-17(14-18)23-21(26)20-12-7-13-25(20)31(28,29)19-10-4-3-5-11-19/h3-6,8-11,14,16,20H,7,12-13,15H2,1-2H3,(H,23,26)(H,24,27). The van der Waals surface area contributed by atoms with E-state index in [1.54, 1.807) is 42.5 Å². The molecule has 1 fully saturated rings. The molecule has 2 amide bonds. The lowest BCUT2D eigenvalue weighted by Gasteiger charge is -2.23. The zero-order chi connectivity index (χ0) is 22.4. The minimum absolute atomic E-state index is 0.167. The lowest BCUT2D eigenvalue weighted by molar-refractivity contribution is -0.119. The second-order valence-corrected chi connectivity index (χ2v) is 9.66. The molecule has 0 spiro atoms. The first-order valence-corrected chi connectivity index (χ1v) is 11.6. The quantitative estimate of drug-likeness (QED) is 0.676. The zero-order valence-electron chi connectivity index (χ0n) is 17.6. The molecule has 1 aliphatic heterocycles. The van der Waals surface area contributed by atoms with Gasteiger partial charge in [-0.3, -0.25) is 10.1 Å². The number of hydrogen-bond acceptors (Lipinski definition) is 5. The molecule has 166 valence electrons. The van der Waals surface area contributed by atoms with Crippen LogP contribution in [0.15, 0.2) is 59.5 Å². The fourth-order valence-electron chi connectivity index (χ4n) is 3.31. The summed E-state index contributed by atoms with van der Waals surface area (Å²) in [6, 6.07) is 13.9. The summed E-state index contributed by atoms with van der Waals surface area (Å²) in [6.07, 6.45) is 0.471. The normalized spacial score (nSPS) is 16.8. The van der Waals surface area contributed by atoms with Crippen LogP contribution in [0, 0.1) is 5.92 Å². The molecule has 2 N–H and O–H groups in total. The van der Waals surface area contributed by atoms with Crippen LogP contribution in [0.3, 0.4) is 0 Å². The van der Waals surface area contributed by atoms with E-state index in [-0.39, 0.29) is 10.8 Å². The predicted molar refractivity (Wildman–Crippen MR) is 118 cm³/mol. The van der Waals surface area contributed by atoms with Crippen LogP contribution >= 0.6 is 0 Å². The Balaban J connectivity index is 1.68. The van der Waals surface area contributed by atoms with E-state index in [9.17, 15) is 18.0 Å². The van der Waals surface area contributed by atoms with Gasteiger partial charge in [-0.2, -0.15) is 4.31 Å². The molecule has 0 aromatic heterocycles. The van der Waals surface area contributed by atoms with Crippen LogP contribution < -0.4 is 10.6 Å². The van der Waals surface area contributed by atoms with Crippen LogP contribution in [0.25, 0.3) is 0 Å². The number of nitrogens with zero attached hydrogens (tertiary/aromatic N) is 1. The number of amides is 2. The number of anilines is 2. The van der Waals surface area contributed by atoms with Crippen LogP contribution in [-0.4, -0.2) is 43.9 Å². The number of benzene rings is 2. The lowest BCUT2D eigenvalue weighted by atomic mass is 10.2. The highest BCUT2D eigenvalue weighted by Crippen LogP contribution is 2.27. The van der Waals surface area contributed by atoms with Gasteiger partial charge in [-0.05, 0) is 49.1 Å². The molecule has 1 heterocycles. The second-order valence-electron chi connectivity index (χ2n) is 7.77. The maximum Gasteiger partial charge on any atom is 0.411 e. The minimum Gasteiger partial charge on any atom is -0.449 e. The fourth-order valence-corrected chi connectivity index (χ4v) is 4.99. The molecule has 1 unspecified atom stereocenters. The van der Waals surface area contributed by atoms with Crippen molar-refractivity contribution < 1.29 is 22.7 Å². The second kappa shape index (κ2) is 9.93. The molecule has 1 aliphatic rings. The summed E-state index contributed by atoms with van der Waals surface area (Å²) in [4.78, 5) is 24.9. The molecule has 1 atom stereocenters. The smallest absolute Gasteiger partial charge is 0.411 e. The Hall–Kier alpha value is -2.91. The van der Waals surface area contributed by atoms with Gasteiger partial charge in [0.25, 0.3) is 0 Å². The highest BCUT2D eigenvalue weighted by atomic mass is 32.2. The van der Waals surface area contributed by atoms with Gasteiger partial charge in [-0.15, -0.1) is 0 Å². The van der Waals surface area contributed by atoms with Crippen molar-refractivity contribution in [2.45, 2.75) is 37.6 Å². The van der Waals surface area contributed by atoms with Gasteiger partial charge in [-0.1, -0.05) is 38.1 Å². The van der Waals surface area contributed by atoms with Crippen molar-refractivity contribution in [2.75, 3.05) is 23.8 Å². The summed E-state index contributed by atoms with van der Waals surface area (Å²) >= 11 is 0. The number of rotatable bonds is 7. The summed E-state index contributed by atoms with van der Waals surface area (Å²) in [5.41, 5.74) is 0.919. The van der Waals surface area contributed by atoms with Gasteiger partial charge in [0.1, 0.15) is 6.04 Å². The Morgan fingerprint density at radius 1 is 1.06 bits per heavy atom. The highest BCUT2D eigenvalue weighted by Gasteiger charge is 2.39. The minimum atomic E-state index is -3.76. The summed E-state index contributed by atoms with van der Waals surface area (Å²) in [5, 5.41) is 5.38. The molecule has 2 aromatic rings. The van der Waals surface area contributed by atoms with Crippen molar-refractivity contribution >= 4 is 33.4 Å². The first kappa shape index (κ1) is 22.8. The predicted octanol–water partition coefficient (Wildman–Crippen LogP) is 3.68. The Kier molecular flexibility index (Phi) is 7.29. The lowest BCUT2D eigenvalue weighted by Crippen LogP contribution is -2.43. The van der Waals surface area contributed by atoms with E-state index in [1.165, 1.54) is 16.4 Å². The molecule has 9 heteroatoms. The first-order chi connectivity index (χ1) is 14.8. The van der Waals surface area contributed by atoms with E-state index >= 15 is 0 Å². The highest BCUT2D eigenvalue weighted by molar-refractivity contribution is 7.89. The average molecular weight is 446 g/mol. The summed E-state index contributed by atoms with van der Waals surface area (Å²) in [5.74, 6) is -0.186. The molecule has 0 bridgehead atoms. The van der Waals surface area contributed by atoms with E-state index < -0.39 is 28.1 Å². The van der Waals surface area contributed by atoms with Gasteiger partial charge < -0.3 is 10.1 Å². The van der Waals surface area contributed by atoms with Gasteiger partial charge in [0.2, 0.25) is 15.9 Å². The molecular formula is C22H27N3O5S. The third kappa shape index (κ3) is 5.83. The van der Waals surface area contributed by atoms with E-state index in [0.717, 1.165) is 0 Å². The number of hydrogen-bond donors (Lipinski definition) is 2. The topological polar surface area (TPSA) is 105 Å². The summed E-state index contributed by atoms with van der Waals surface area (Å²) in [6.45, 7) is 4.47. The molecule has 1 saturated heterocycles. The fraction of sp³-hybridized carbons (Fsp3) is 0.364. The van der Waals surface area contributed by atoms with E-state index in [2.05, 4.69) is 10.6 Å². The van der Waals surface area contributed by atoms with E-state index in [1.807, 2.05) is 13.8 Å². The van der Waals surface area contributed by atoms with E-state index in [0.29, 0.717) is 37.4 Å². The number of carbonyl (C=O) groups is 2. The Labute approximate surface area is 182 Å². The third-order valence-electron chi connectivity index (χ3n) is 4.78. The first-order valence-electron chi connectivity index (χ1n) is 10.2. The number of nitrogens with one attached hydrogen (secondary N) is 2. The van der Waals surface area contributed by atoms with Crippen molar-refractivity contribution in [1.29, 1.82) is 0 Å². The maximum atomic E-state index is 13.0. The third-order valence-corrected chi connectivity index (χ3v) is 6.70. The SMILES string of the molecule is CC(C)COC(=O)Nc1cccc(NC(=O)C2CCCN2S(=O)(=O)c2ccccc2)c1. The number of sulfonamides is 1. The van der Waals surface area contributed by atoms with Crippen LogP contribution in [0.1, 0.15) is 26.7 Å². The molecule has 31 heavy (non-hydrogen) atoms. The van der Waals surface area contributed by atoms with Crippen LogP contribution in [0.5, 0.6) is 0 Å². The molecule has 0 aliphatic carbocycles. The molecule has 2 aromatic carbocycles. The van der Waals surface area contributed by atoms with Gasteiger partial charge in [0, 0.05) is 17.9 Å². The zero-order valence-corrected chi connectivity index (χ0v) is 18.4. The summed E-state index contributed by atoms with van der Waals surface area (Å²) in [7, 11) is -3.76. The summed E-state index contributed by atoms with van der Waals surface area (Å²) < 4.78 is 32.3. The van der Waals surface area contributed by atoms with Crippen LogP contribution in [0.2, 0.25) is 0 Å². The molecule has 8 nitrogen and oxygen atoms in total. The van der Waals surface area contributed by atoms with Crippen LogP contribution in [0.4, 0.5) is 16.2 Å². The largest absolute Gasteiger partial charge is 0.449 e. The van der Waals surface area contributed by atoms with Crippen molar-refractivity contribution in [1.82, 2.24) is 4.31 Å². The van der Waals surface area contributed by atoms with Gasteiger partial charge >= 0.3 is 6.09 Å². The maximum absolute atomic E-state index is 13.0. The Morgan fingerprint density at radius 2 is 1.74 bits per heavy atom. The Bertz CT molecular complexity index is 1020. The monoisotopic (exact) mass is 445 g/mol. The molecule has 3 rings (SSSR count). The van der Waals surface area contributed by atoms with Gasteiger partial charge in [0.05, 0.1) is 11.5 Å². The van der Waals surface area contributed by atoms with Crippen molar-refractivity contribution in [3.05, 3.63) is 54.6 Å². The van der Waals surface area contributed by atoms with Crippen molar-refractivity contribution in [3.63, 3.8) is 0 Å². The van der Waals surface area contributed by atoms with Crippen molar-refractivity contribution in [3.8, 4) is 0 Å². The molecular weight excluding hydrogens is 418 g/mol. The number of ether oxygens (including phenoxy) is 1. The van der Waals surface area contributed by atoms with Gasteiger partial charge in [0.15, 0.2) is 0 Å². The van der Waals surface area contributed by atoms with Crippen molar-refractivity contribution in [2.24, 2.45) is 5.92 Å². The van der Waals surface area contributed by atoms with Gasteiger partial charge in [-0.25, -0.2) is 13.2 Å². The van der Waals surface area contributed by atoms with E-state index in [4.69, 9.17) is 4.74 Å². The average Bonchev–Trinajstić information content (AvgIpc) is 3.24. The Morgan fingerprint density at radius 3 is 2.42 bits per heavy atom. The molecule has 0 saturated carbocycles. The molecule has 0 radical (unpaired) electrons. The van der Waals surface area contributed by atoms with Crippen LogP contribution in [-0.2, 0) is 19.6 Å². The number of carbonyl (C=O) groups excluding carboxylic acids is 2.